The molecule has 2 atom stereocenters. The molecule has 2 N–H and O–H groups in total. The fourth-order valence-electron chi connectivity index (χ4n) is 2.76. The van der Waals surface area contributed by atoms with Crippen LogP contribution in [0.4, 0.5) is 4.39 Å². The highest BCUT2D eigenvalue weighted by Gasteiger charge is 2.21. The second-order valence-corrected chi connectivity index (χ2v) is 6.28. The molecular formula is C17H26FNO2. The standard InChI is InChI=1S/C17H26FNO2/c1-12(2)10-21-11-15(20)9-19-17-5-3-4-13-6-7-14(18)8-16(13)17/h6-8,12,15,17,19-20H,3-5,9-11H2,1-2H3. The minimum absolute atomic E-state index is 0.129. The van der Waals surface area contributed by atoms with Crippen LogP contribution in [0.15, 0.2) is 18.2 Å². The Morgan fingerprint density at radius 3 is 2.95 bits per heavy atom. The van der Waals surface area contributed by atoms with E-state index in [4.69, 9.17) is 4.74 Å². The maximum Gasteiger partial charge on any atom is 0.123 e. The highest BCUT2D eigenvalue weighted by atomic mass is 19.1. The Labute approximate surface area is 126 Å². The summed E-state index contributed by atoms with van der Waals surface area (Å²) in [7, 11) is 0. The van der Waals surface area contributed by atoms with Crippen LogP contribution in [-0.2, 0) is 11.2 Å². The van der Waals surface area contributed by atoms with Crippen molar-refractivity contribution in [1.29, 1.82) is 0 Å². The van der Waals surface area contributed by atoms with E-state index >= 15 is 0 Å². The number of fused-ring (bicyclic) bond motifs is 1. The van der Waals surface area contributed by atoms with Crippen LogP contribution in [-0.4, -0.2) is 31.0 Å². The zero-order valence-electron chi connectivity index (χ0n) is 12.9. The van der Waals surface area contributed by atoms with Crippen molar-refractivity contribution in [3.63, 3.8) is 0 Å². The minimum Gasteiger partial charge on any atom is -0.389 e. The first kappa shape index (κ1) is 16.4. The van der Waals surface area contributed by atoms with Crippen LogP contribution in [0.3, 0.4) is 0 Å². The number of rotatable bonds is 7. The van der Waals surface area contributed by atoms with E-state index in [9.17, 15) is 9.50 Å². The highest BCUT2D eigenvalue weighted by molar-refractivity contribution is 5.32. The van der Waals surface area contributed by atoms with Crippen LogP contribution in [0.2, 0.25) is 0 Å². The quantitative estimate of drug-likeness (QED) is 0.813. The van der Waals surface area contributed by atoms with Crippen molar-refractivity contribution in [2.24, 2.45) is 5.92 Å². The molecule has 4 heteroatoms. The summed E-state index contributed by atoms with van der Waals surface area (Å²) in [5.41, 5.74) is 2.25. The summed E-state index contributed by atoms with van der Waals surface area (Å²) in [5.74, 6) is 0.279. The monoisotopic (exact) mass is 295 g/mol. The summed E-state index contributed by atoms with van der Waals surface area (Å²) in [6, 6.07) is 5.15. The lowest BCUT2D eigenvalue weighted by Gasteiger charge is -2.27. The predicted octanol–water partition coefficient (Wildman–Crippen LogP) is 2.83. The molecule has 0 fully saturated rings. The Kier molecular flexibility index (Phi) is 6.15. The van der Waals surface area contributed by atoms with Gasteiger partial charge in [-0.15, -0.1) is 0 Å². The van der Waals surface area contributed by atoms with E-state index in [1.807, 2.05) is 6.07 Å². The molecule has 2 rings (SSSR count). The van der Waals surface area contributed by atoms with Crippen molar-refractivity contribution in [1.82, 2.24) is 5.32 Å². The number of ether oxygens (including phenoxy) is 1. The van der Waals surface area contributed by atoms with Crippen molar-refractivity contribution in [2.75, 3.05) is 19.8 Å². The van der Waals surface area contributed by atoms with Gasteiger partial charge in [-0.1, -0.05) is 19.9 Å². The van der Waals surface area contributed by atoms with E-state index in [1.165, 1.54) is 11.6 Å². The van der Waals surface area contributed by atoms with E-state index in [2.05, 4.69) is 19.2 Å². The molecule has 21 heavy (non-hydrogen) atoms. The van der Waals surface area contributed by atoms with Crippen LogP contribution in [0.25, 0.3) is 0 Å². The number of benzene rings is 1. The maximum absolute atomic E-state index is 13.4. The van der Waals surface area contributed by atoms with E-state index in [-0.39, 0.29) is 11.9 Å². The van der Waals surface area contributed by atoms with Gasteiger partial charge >= 0.3 is 0 Å². The van der Waals surface area contributed by atoms with Gasteiger partial charge in [0.2, 0.25) is 0 Å². The first-order valence-corrected chi connectivity index (χ1v) is 7.83. The maximum atomic E-state index is 13.4. The second kappa shape index (κ2) is 7.87. The zero-order chi connectivity index (χ0) is 15.2. The number of aliphatic hydroxyl groups excluding tert-OH is 1. The normalized spacial score (nSPS) is 19.6. The van der Waals surface area contributed by atoms with Crippen molar-refractivity contribution in [3.8, 4) is 0 Å². The van der Waals surface area contributed by atoms with Gasteiger partial charge < -0.3 is 15.2 Å². The third-order valence-corrected chi connectivity index (χ3v) is 3.78. The highest BCUT2D eigenvalue weighted by Crippen LogP contribution is 2.30. The lowest BCUT2D eigenvalue weighted by atomic mass is 9.87. The summed E-state index contributed by atoms with van der Waals surface area (Å²) in [5, 5.41) is 13.3. The first-order chi connectivity index (χ1) is 10.1. The van der Waals surface area contributed by atoms with Crippen molar-refractivity contribution < 1.29 is 14.2 Å². The van der Waals surface area contributed by atoms with Crippen molar-refractivity contribution in [3.05, 3.63) is 35.1 Å². The van der Waals surface area contributed by atoms with Gasteiger partial charge in [-0.2, -0.15) is 0 Å². The molecule has 0 spiro atoms. The Bertz CT molecular complexity index is 450. The second-order valence-electron chi connectivity index (χ2n) is 6.28. The molecule has 0 heterocycles. The minimum atomic E-state index is -0.525. The van der Waals surface area contributed by atoms with Gasteiger partial charge in [-0.05, 0) is 48.4 Å². The topological polar surface area (TPSA) is 41.5 Å². The fraction of sp³-hybridized carbons (Fsp3) is 0.647. The van der Waals surface area contributed by atoms with Crippen LogP contribution >= 0.6 is 0 Å². The third kappa shape index (κ3) is 5.06. The van der Waals surface area contributed by atoms with Crippen LogP contribution in [0.5, 0.6) is 0 Å². The number of hydrogen-bond donors (Lipinski definition) is 2. The molecule has 0 radical (unpaired) electrons. The number of hydrogen-bond acceptors (Lipinski definition) is 3. The number of nitrogens with one attached hydrogen (secondary N) is 1. The third-order valence-electron chi connectivity index (χ3n) is 3.78. The molecule has 2 unspecified atom stereocenters. The Hall–Kier alpha value is -0.970. The molecule has 1 aromatic carbocycles. The average molecular weight is 295 g/mol. The van der Waals surface area contributed by atoms with Gasteiger partial charge in [0.25, 0.3) is 0 Å². The first-order valence-electron chi connectivity index (χ1n) is 7.83. The average Bonchev–Trinajstić information content (AvgIpc) is 2.44. The number of halogens is 1. The van der Waals surface area contributed by atoms with Gasteiger partial charge in [-0.25, -0.2) is 4.39 Å². The van der Waals surface area contributed by atoms with E-state index in [1.54, 1.807) is 6.07 Å². The molecule has 1 aliphatic rings. The molecule has 1 aromatic rings. The van der Waals surface area contributed by atoms with E-state index in [0.29, 0.717) is 25.7 Å². The molecule has 0 saturated carbocycles. The van der Waals surface area contributed by atoms with Gasteiger partial charge in [0.05, 0.1) is 12.7 Å². The van der Waals surface area contributed by atoms with E-state index < -0.39 is 6.10 Å². The summed E-state index contributed by atoms with van der Waals surface area (Å²) >= 11 is 0. The van der Waals surface area contributed by atoms with E-state index in [0.717, 1.165) is 24.8 Å². The van der Waals surface area contributed by atoms with Gasteiger partial charge in [0, 0.05) is 19.2 Å². The van der Waals surface area contributed by atoms with Crippen molar-refractivity contribution in [2.45, 2.75) is 45.3 Å². The van der Waals surface area contributed by atoms with Gasteiger partial charge in [0.1, 0.15) is 5.82 Å². The summed E-state index contributed by atoms with van der Waals surface area (Å²) in [6.07, 6.45) is 2.56. The Morgan fingerprint density at radius 1 is 1.38 bits per heavy atom. The lowest BCUT2D eigenvalue weighted by molar-refractivity contribution is 0.0247. The summed E-state index contributed by atoms with van der Waals surface area (Å²) in [6.45, 7) is 5.64. The Balaban J connectivity index is 1.83. The van der Waals surface area contributed by atoms with Gasteiger partial charge in [-0.3, -0.25) is 0 Å². The van der Waals surface area contributed by atoms with Crippen LogP contribution < -0.4 is 5.32 Å². The number of aliphatic hydroxyl groups is 1. The summed E-state index contributed by atoms with van der Waals surface area (Å²) in [4.78, 5) is 0. The zero-order valence-corrected chi connectivity index (χ0v) is 12.9. The molecule has 0 aliphatic heterocycles. The van der Waals surface area contributed by atoms with Crippen molar-refractivity contribution >= 4 is 0 Å². The van der Waals surface area contributed by atoms with Crippen LogP contribution in [0, 0.1) is 11.7 Å². The SMILES string of the molecule is CC(C)COCC(O)CNC1CCCc2ccc(F)cc21. The molecule has 1 aliphatic carbocycles. The largest absolute Gasteiger partial charge is 0.389 e. The molecule has 0 aromatic heterocycles. The fourth-order valence-corrected chi connectivity index (χ4v) is 2.76. The summed E-state index contributed by atoms with van der Waals surface area (Å²) < 4.78 is 18.8. The molecule has 0 saturated heterocycles. The molecule has 0 bridgehead atoms. The molecule has 118 valence electrons. The Morgan fingerprint density at radius 2 is 2.19 bits per heavy atom. The predicted molar refractivity (Wildman–Crippen MR) is 81.7 cm³/mol. The molecule has 3 nitrogen and oxygen atoms in total. The van der Waals surface area contributed by atoms with Crippen LogP contribution in [0.1, 0.15) is 43.9 Å². The number of aryl methyl sites for hydroxylation is 1. The lowest BCUT2D eigenvalue weighted by Crippen LogP contribution is -2.34. The van der Waals surface area contributed by atoms with Gasteiger partial charge in [0.15, 0.2) is 0 Å². The smallest absolute Gasteiger partial charge is 0.123 e. The molecule has 0 amide bonds. The molecular weight excluding hydrogens is 269 g/mol.